The third-order valence-electron chi connectivity index (χ3n) is 10.4. The standard InChI is InChI=1S/C22H42/c1-14-15-16(18(14,5)6)19(7,8)22(15,13)21(11,12)20(9,10)17(2,3)4/h14-16H,1-13H3. The Balaban J connectivity index is 2.53. The summed E-state index contributed by atoms with van der Waals surface area (Å²) >= 11 is 0. The van der Waals surface area contributed by atoms with Gasteiger partial charge in [-0.3, -0.25) is 0 Å². The maximum atomic E-state index is 2.62. The number of hydrogen-bond donors (Lipinski definition) is 0. The summed E-state index contributed by atoms with van der Waals surface area (Å²) in [5.41, 5.74) is 2.22. The van der Waals surface area contributed by atoms with Crippen LogP contribution in [0, 0.1) is 50.2 Å². The number of rotatable bonds is 2. The molecule has 0 aromatic rings. The van der Waals surface area contributed by atoms with Crippen LogP contribution < -0.4 is 0 Å². The molecule has 0 aromatic heterocycles. The Hall–Kier alpha value is 0. The van der Waals surface area contributed by atoms with Crippen molar-refractivity contribution < 1.29 is 0 Å². The lowest BCUT2D eigenvalue weighted by Crippen LogP contribution is -2.81. The van der Waals surface area contributed by atoms with E-state index in [-0.39, 0.29) is 5.41 Å². The monoisotopic (exact) mass is 306 g/mol. The molecular weight excluding hydrogens is 264 g/mol. The highest BCUT2D eigenvalue weighted by Crippen LogP contribution is 2.86. The predicted octanol–water partition coefficient (Wildman–Crippen LogP) is 7.04. The van der Waals surface area contributed by atoms with E-state index in [1.54, 1.807) is 0 Å². The highest BCUT2D eigenvalue weighted by Gasteiger charge is 2.81. The molecule has 0 saturated heterocycles. The molecule has 0 bridgehead atoms. The van der Waals surface area contributed by atoms with Gasteiger partial charge in [-0.15, -0.1) is 0 Å². The SMILES string of the molecule is CC1C2C(C1(C)C)C(C)(C)C2(C)C(C)(C)C(C)(C)C(C)(C)C. The van der Waals surface area contributed by atoms with Crippen LogP contribution in [0.4, 0.5) is 0 Å². The first kappa shape index (κ1) is 18.3. The van der Waals surface area contributed by atoms with Crippen molar-refractivity contribution in [3.63, 3.8) is 0 Å². The van der Waals surface area contributed by atoms with E-state index in [0.717, 1.165) is 17.8 Å². The molecule has 2 fully saturated rings. The first-order valence-electron chi connectivity index (χ1n) is 9.40. The highest BCUT2D eigenvalue weighted by atomic mass is 14.9. The highest BCUT2D eigenvalue weighted by molar-refractivity contribution is 5.28. The number of hydrogen-bond acceptors (Lipinski definition) is 0. The second-order valence-corrected chi connectivity index (χ2v) is 12.0. The molecule has 0 amide bonds. The molecule has 0 nitrogen and oxygen atoms in total. The van der Waals surface area contributed by atoms with Crippen LogP contribution >= 0.6 is 0 Å². The molecule has 22 heavy (non-hydrogen) atoms. The van der Waals surface area contributed by atoms with Gasteiger partial charge in [-0.2, -0.15) is 0 Å². The largest absolute Gasteiger partial charge is 0.0617 e. The lowest BCUT2D eigenvalue weighted by Gasteiger charge is -2.86. The maximum absolute atomic E-state index is 2.62. The van der Waals surface area contributed by atoms with E-state index < -0.39 is 0 Å². The zero-order chi connectivity index (χ0) is 17.7. The van der Waals surface area contributed by atoms with E-state index in [1.807, 2.05) is 0 Å². The summed E-state index contributed by atoms with van der Waals surface area (Å²) in [7, 11) is 0. The van der Waals surface area contributed by atoms with Crippen molar-refractivity contribution in [2.24, 2.45) is 50.2 Å². The van der Waals surface area contributed by atoms with Gasteiger partial charge in [-0.25, -0.2) is 0 Å². The van der Waals surface area contributed by atoms with Crippen LogP contribution in [0.3, 0.4) is 0 Å². The van der Waals surface area contributed by atoms with Gasteiger partial charge in [-0.1, -0.05) is 90.0 Å². The van der Waals surface area contributed by atoms with Crippen LogP contribution in [0.1, 0.15) is 90.0 Å². The first-order chi connectivity index (χ1) is 9.40. The fraction of sp³-hybridized carbons (Fsp3) is 1.00. The van der Waals surface area contributed by atoms with Gasteiger partial charge in [0, 0.05) is 0 Å². The maximum Gasteiger partial charge on any atom is -0.0181 e. The minimum atomic E-state index is 0.288. The van der Waals surface area contributed by atoms with Crippen molar-refractivity contribution in [2.75, 3.05) is 0 Å². The molecule has 2 aliphatic carbocycles. The minimum absolute atomic E-state index is 0.288. The Labute approximate surface area is 140 Å². The molecule has 0 N–H and O–H groups in total. The predicted molar refractivity (Wildman–Crippen MR) is 98.8 cm³/mol. The fourth-order valence-electron chi connectivity index (χ4n) is 7.06. The summed E-state index contributed by atoms with van der Waals surface area (Å²) in [5.74, 6) is 2.61. The van der Waals surface area contributed by atoms with Gasteiger partial charge in [0.1, 0.15) is 0 Å². The van der Waals surface area contributed by atoms with Gasteiger partial charge in [0.2, 0.25) is 0 Å². The van der Waals surface area contributed by atoms with Crippen molar-refractivity contribution in [3.05, 3.63) is 0 Å². The van der Waals surface area contributed by atoms with Crippen LogP contribution in [-0.2, 0) is 0 Å². The quantitative estimate of drug-likeness (QED) is 0.513. The van der Waals surface area contributed by atoms with Crippen molar-refractivity contribution in [3.8, 4) is 0 Å². The van der Waals surface area contributed by atoms with Crippen molar-refractivity contribution >= 4 is 0 Å². The summed E-state index contributed by atoms with van der Waals surface area (Å²) in [6.45, 7) is 32.7. The van der Waals surface area contributed by atoms with Gasteiger partial charge >= 0.3 is 0 Å². The van der Waals surface area contributed by atoms with Crippen LogP contribution in [0.5, 0.6) is 0 Å². The average Bonchev–Trinajstić information content (AvgIpc) is 2.31. The Kier molecular flexibility index (Phi) is 3.46. The Bertz CT molecular complexity index is 469. The second kappa shape index (κ2) is 4.15. The van der Waals surface area contributed by atoms with Gasteiger partial charge < -0.3 is 0 Å². The van der Waals surface area contributed by atoms with Crippen molar-refractivity contribution in [1.29, 1.82) is 0 Å². The van der Waals surface area contributed by atoms with E-state index in [9.17, 15) is 0 Å². The zero-order valence-electron chi connectivity index (χ0n) is 17.7. The summed E-state index contributed by atoms with van der Waals surface area (Å²) in [6.07, 6.45) is 0. The molecule has 0 spiro atoms. The fourth-order valence-corrected chi connectivity index (χ4v) is 7.06. The molecule has 0 aromatic carbocycles. The minimum Gasteiger partial charge on any atom is -0.0617 e. The summed E-state index contributed by atoms with van der Waals surface area (Å²) in [5, 5.41) is 0. The lowest BCUT2D eigenvalue weighted by molar-refractivity contribution is -0.385. The van der Waals surface area contributed by atoms with E-state index in [0.29, 0.717) is 27.1 Å². The lowest BCUT2D eigenvalue weighted by atomic mass is 9.18. The normalized spacial score (nSPS) is 40.5. The summed E-state index contributed by atoms with van der Waals surface area (Å²) in [4.78, 5) is 0. The van der Waals surface area contributed by atoms with Crippen LogP contribution in [0.25, 0.3) is 0 Å². The molecule has 0 radical (unpaired) electrons. The van der Waals surface area contributed by atoms with E-state index in [2.05, 4.69) is 90.0 Å². The third-order valence-corrected chi connectivity index (χ3v) is 10.4. The Morgan fingerprint density at radius 2 is 1.14 bits per heavy atom. The van der Waals surface area contributed by atoms with E-state index in [4.69, 9.17) is 0 Å². The van der Waals surface area contributed by atoms with Gasteiger partial charge in [-0.05, 0) is 50.2 Å². The third kappa shape index (κ3) is 1.56. The summed E-state index contributed by atoms with van der Waals surface area (Å²) < 4.78 is 0. The van der Waals surface area contributed by atoms with E-state index >= 15 is 0 Å². The van der Waals surface area contributed by atoms with Crippen LogP contribution in [0.2, 0.25) is 0 Å². The molecular formula is C22H42. The van der Waals surface area contributed by atoms with Crippen molar-refractivity contribution in [1.82, 2.24) is 0 Å². The first-order valence-corrected chi connectivity index (χ1v) is 9.40. The van der Waals surface area contributed by atoms with Crippen LogP contribution in [0.15, 0.2) is 0 Å². The molecule has 0 aliphatic heterocycles. The van der Waals surface area contributed by atoms with E-state index in [1.165, 1.54) is 0 Å². The van der Waals surface area contributed by atoms with Gasteiger partial charge in [0.15, 0.2) is 0 Å². The number of fused-ring (bicyclic) bond motifs is 1. The summed E-state index contributed by atoms with van der Waals surface area (Å²) in [6, 6.07) is 0. The Morgan fingerprint density at radius 1 is 0.727 bits per heavy atom. The van der Waals surface area contributed by atoms with Gasteiger partial charge in [0.25, 0.3) is 0 Å². The zero-order valence-corrected chi connectivity index (χ0v) is 17.7. The molecule has 4 atom stereocenters. The molecule has 2 rings (SSSR count). The molecule has 2 saturated carbocycles. The molecule has 2 aliphatic rings. The molecule has 0 heterocycles. The van der Waals surface area contributed by atoms with Crippen molar-refractivity contribution in [2.45, 2.75) is 90.0 Å². The molecule has 0 heteroatoms. The van der Waals surface area contributed by atoms with Crippen LogP contribution in [-0.4, -0.2) is 0 Å². The second-order valence-electron chi connectivity index (χ2n) is 12.0. The molecule has 4 unspecified atom stereocenters. The topological polar surface area (TPSA) is 0 Å². The smallest absolute Gasteiger partial charge is 0.0181 e. The molecule has 130 valence electrons. The average molecular weight is 307 g/mol. The Morgan fingerprint density at radius 3 is 1.50 bits per heavy atom. The van der Waals surface area contributed by atoms with Gasteiger partial charge in [0.05, 0.1) is 0 Å².